The van der Waals surface area contributed by atoms with Gasteiger partial charge < -0.3 is 14.8 Å². The molecule has 1 aliphatic rings. The molecule has 1 N–H and O–H groups in total. The van der Waals surface area contributed by atoms with Gasteiger partial charge in [0, 0.05) is 22.9 Å². The lowest BCUT2D eigenvalue weighted by Gasteiger charge is -2.28. The van der Waals surface area contributed by atoms with E-state index in [1.54, 1.807) is 0 Å². The van der Waals surface area contributed by atoms with E-state index in [1.165, 1.54) is 12.7 Å². The fourth-order valence-electron chi connectivity index (χ4n) is 4.16. The van der Waals surface area contributed by atoms with Gasteiger partial charge in [-0.05, 0) is 43.2 Å². The van der Waals surface area contributed by atoms with Crippen molar-refractivity contribution in [1.82, 2.24) is 5.32 Å². The highest BCUT2D eigenvalue weighted by molar-refractivity contribution is 5.96. The van der Waals surface area contributed by atoms with Crippen LogP contribution in [-0.2, 0) is 16.1 Å². The van der Waals surface area contributed by atoms with E-state index in [-0.39, 0.29) is 11.9 Å². The molecule has 0 bridgehead atoms. The van der Waals surface area contributed by atoms with Crippen molar-refractivity contribution >= 4 is 16.7 Å². The largest absolute Gasteiger partial charge is 0.489 e. The van der Waals surface area contributed by atoms with Crippen molar-refractivity contribution in [3.05, 3.63) is 100 Å². The van der Waals surface area contributed by atoms with Crippen LogP contribution in [0.15, 0.2) is 83.7 Å². The fourth-order valence-corrected chi connectivity index (χ4v) is 4.16. The van der Waals surface area contributed by atoms with E-state index in [2.05, 4.69) is 60.8 Å². The molecule has 1 atom stereocenters. The van der Waals surface area contributed by atoms with E-state index in [9.17, 15) is 4.79 Å². The van der Waals surface area contributed by atoms with Gasteiger partial charge in [0.25, 0.3) is 0 Å². The van der Waals surface area contributed by atoms with E-state index in [4.69, 9.17) is 9.47 Å². The second kappa shape index (κ2) is 8.68. The van der Waals surface area contributed by atoms with E-state index in [0.29, 0.717) is 12.2 Å². The lowest BCUT2D eigenvalue weighted by Crippen LogP contribution is -2.25. The number of benzene rings is 3. The molecule has 0 spiro atoms. The molecule has 4 rings (SSSR count). The maximum Gasteiger partial charge on any atom is 0.336 e. The van der Waals surface area contributed by atoms with E-state index in [0.717, 1.165) is 39.0 Å². The molecule has 3 aromatic rings. The maximum atomic E-state index is 12.7. The number of carbonyl (C=O) groups excluding carboxylic acids is 1. The van der Waals surface area contributed by atoms with Gasteiger partial charge in [-0.15, -0.1) is 0 Å². The standard InChI is InChI=1S/C27H27NO3/c1-17-9-11-20(12-10-17)16-31-24-14-13-21-7-5-6-8-22(21)26(24)23-15-18(2)28-19(3)25(23)27(29)30-4/h5-15,23,28H,16H2,1-4H3. The number of carbonyl (C=O) groups is 1. The van der Waals surface area contributed by atoms with Crippen molar-refractivity contribution < 1.29 is 14.3 Å². The number of rotatable bonds is 5. The summed E-state index contributed by atoms with van der Waals surface area (Å²) in [5, 5.41) is 5.44. The van der Waals surface area contributed by atoms with E-state index >= 15 is 0 Å². The van der Waals surface area contributed by atoms with Gasteiger partial charge in [-0.3, -0.25) is 0 Å². The number of fused-ring (bicyclic) bond motifs is 1. The molecule has 0 radical (unpaired) electrons. The topological polar surface area (TPSA) is 47.6 Å². The van der Waals surface area contributed by atoms with Crippen molar-refractivity contribution in [2.45, 2.75) is 33.3 Å². The van der Waals surface area contributed by atoms with Crippen LogP contribution in [0.5, 0.6) is 5.75 Å². The molecule has 0 fully saturated rings. The molecule has 0 saturated heterocycles. The lowest BCUT2D eigenvalue weighted by atomic mass is 9.83. The van der Waals surface area contributed by atoms with Crippen molar-refractivity contribution in [3.63, 3.8) is 0 Å². The Balaban J connectivity index is 1.84. The molecule has 4 nitrogen and oxygen atoms in total. The highest BCUT2D eigenvalue weighted by Crippen LogP contribution is 2.42. The highest BCUT2D eigenvalue weighted by Gasteiger charge is 2.31. The van der Waals surface area contributed by atoms with E-state index in [1.807, 2.05) is 32.0 Å². The lowest BCUT2D eigenvalue weighted by molar-refractivity contribution is -0.136. The molecule has 0 amide bonds. The number of allylic oxidation sites excluding steroid dienone is 3. The number of aryl methyl sites for hydroxylation is 1. The van der Waals surface area contributed by atoms with Crippen LogP contribution in [0, 0.1) is 6.92 Å². The van der Waals surface area contributed by atoms with Crippen LogP contribution in [0.1, 0.15) is 36.5 Å². The first-order valence-corrected chi connectivity index (χ1v) is 10.4. The number of esters is 1. The molecule has 4 heteroatoms. The highest BCUT2D eigenvalue weighted by atomic mass is 16.5. The molecular formula is C27H27NO3. The number of dihydropyridines is 1. The Morgan fingerprint density at radius 2 is 1.71 bits per heavy atom. The van der Waals surface area contributed by atoms with Crippen LogP contribution in [-0.4, -0.2) is 13.1 Å². The van der Waals surface area contributed by atoms with Gasteiger partial charge in [-0.1, -0.05) is 66.2 Å². The van der Waals surface area contributed by atoms with Gasteiger partial charge in [-0.2, -0.15) is 0 Å². The minimum Gasteiger partial charge on any atom is -0.489 e. The fraction of sp³-hybridized carbons (Fsp3) is 0.222. The summed E-state index contributed by atoms with van der Waals surface area (Å²) in [5.74, 6) is 0.161. The summed E-state index contributed by atoms with van der Waals surface area (Å²) in [6.07, 6.45) is 2.07. The van der Waals surface area contributed by atoms with Crippen LogP contribution in [0.2, 0.25) is 0 Å². The normalized spacial score (nSPS) is 16.0. The van der Waals surface area contributed by atoms with E-state index < -0.39 is 0 Å². The first kappa shape index (κ1) is 20.7. The third-order valence-corrected chi connectivity index (χ3v) is 5.68. The van der Waals surface area contributed by atoms with Crippen molar-refractivity contribution in [3.8, 4) is 5.75 Å². The zero-order chi connectivity index (χ0) is 22.0. The van der Waals surface area contributed by atoms with Gasteiger partial charge in [0.1, 0.15) is 12.4 Å². The Hall–Kier alpha value is -3.53. The average molecular weight is 414 g/mol. The Labute approximate surface area is 183 Å². The maximum absolute atomic E-state index is 12.7. The second-order valence-electron chi connectivity index (χ2n) is 7.96. The molecule has 158 valence electrons. The molecule has 0 saturated carbocycles. The first-order valence-electron chi connectivity index (χ1n) is 10.4. The monoisotopic (exact) mass is 413 g/mol. The number of hydrogen-bond acceptors (Lipinski definition) is 4. The predicted octanol–water partition coefficient (Wildman–Crippen LogP) is 5.76. The first-order chi connectivity index (χ1) is 15.0. The number of ether oxygens (including phenoxy) is 2. The van der Waals surface area contributed by atoms with Crippen LogP contribution in [0.3, 0.4) is 0 Å². The van der Waals surface area contributed by atoms with Gasteiger partial charge >= 0.3 is 5.97 Å². The van der Waals surface area contributed by atoms with Gasteiger partial charge in [-0.25, -0.2) is 4.79 Å². The third kappa shape index (κ3) is 4.19. The summed E-state index contributed by atoms with van der Waals surface area (Å²) in [6.45, 7) is 6.44. The van der Waals surface area contributed by atoms with Crippen molar-refractivity contribution in [2.75, 3.05) is 7.11 Å². The Kier molecular flexibility index (Phi) is 5.81. The summed E-state index contributed by atoms with van der Waals surface area (Å²) >= 11 is 0. The quantitative estimate of drug-likeness (QED) is 0.540. The van der Waals surface area contributed by atoms with Gasteiger partial charge in [0.2, 0.25) is 0 Å². The summed E-state index contributed by atoms with van der Waals surface area (Å²) in [6, 6.07) is 20.6. The molecule has 0 aromatic heterocycles. The van der Waals surface area contributed by atoms with Crippen LogP contribution in [0.4, 0.5) is 0 Å². The third-order valence-electron chi connectivity index (χ3n) is 5.68. The summed E-state index contributed by atoms with van der Waals surface area (Å²) in [4.78, 5) is 12.7. The van der Waals surface area contributed by atoms with Gasteiger partial charge in [0.15, 0.2) is 0 Å². The molecule has 1 heterocycles. The molecule has 1 aliphatic heterocycles. The molecule has 0 aliphatic carbocycles. The zero-order valence-corrected chi connectivity index (χ0v) is 18.4. The number of nitrogens with one attached hydrogen (secondary N) is 1. The van der Waals surface area contributed by atoms with Crippen LogP contribution < -0.4 is 10.1 Å². The molecule has 3 aromatic carbocycles. The average Bonchev–Trinajstić information content (AvgIpc) is 2.77. The summed E-state index contributed by atoms with van der Waals surface area (Å²) < 4.78 is 11.5. The van der Waals surface area contributed by atoms with Crippen molar-refractivity contribution in [2.24, 2.45) is 0 Å². The molecule has 31 heavy (non-hydrogen) atoms. The van der Waals surface area contributed by atoms with Crippen molar-refractivity contribution in [1.29, 1.82) is 0 Å². The van der Waals surface area contributed by atoms with Crippen LogP contribution in [0.25, 0.3) is 10.8 Å². The summed E-state index contributed by atoms with van der Waals surface area (Å²) in [5.41, 5.74) is 5.69. The Morgan fingerprint density at radius 1 is 0.968 bits per heavy atom. The van der Waals surface area contributed by atoms with Crippen LogP contribution >= 0.6 is 0 Å². The minimum absolute atomic E-state index is 0.271. The zero-order valence-electron chi connectivity index (χ0n) is 18.4. The second-order valence-corrected chi connectivity index (χ2v) is 7.96. The van der Waals surface area contributed by atoms with Gasteiger partial charge in [0.05, 0.1) is 12.7 Å². The minimum atomic E-state index is -0.337. The predicted molar refractivity (Wildman–Crippen MR) is 124 cm³/mol. The number of hydrogen-bond donors (Lipinski definition) is 1. The Morgan fingerprint density at radius 3 is 2.45 bits per heavy atom. The molecular weight excluding hydrogens is 386 g/mol. The molecule has 1 unspecified atom stereocenters. The SMILES string of the molecule is COC(=O)C1=C(C)NC(C)=CC1c1c(OCc2ccc(C)cc2)ccc2ccccc12. The smallest absolute Gasteiger partial charge is 0.336 e. The number of methoxy groups -OCH3 is 1. The Bertz CT molecular complexity index is 1190. The summed E-state index contributed by atoms with van der Waals surface area (Å²) in [7, 11) is 1.42.